The van der Waals surface area contributed by atoms with Gasteiger partial charge in [-0.3, -0.25) is 19.3 Å². The number of benzene rings is 1. The molecule has 0 saturated heterocycles. The lowest BCUT2D eigenvalue weighted by molar-refractivity contribution is -0.124. The van der Waals surface area contributed by atoms with E-state index in [-0.39, 0.29) is 30.6 Å². The van der Waals surface area contributed by atoms with E-state index in [2.05, 4.69) is 5.32 Å². The second-order valence-electron chi connectivity index (χ2n) is 6.52. The number of carbonyl (C=O) groups is 4. The van der Waals surface area contributed by atoms with Gasteiger partial charge < -0.3 is 28.5 Å². The molecule has 32 heavy (non-hydrogen) atoms. The Hall–Kier alpha value is -1.74. The van der Waals surface area contributed by atoms with Gasteiger partial charge in [0.05, 0.1) is 53.4 Å². The molecule has 12 heteroatoms. The minimum atomic E-state index is -1.05. The van der Waals surface area contributed by atoms with E-state index in [0.29, 0.717) is 45.1 Å². The highest BCUT2D eigenvalue weighted by molar-refractivity contribution is 14.2. The molecular weight excluding hydrogens is 555 g/mol. The van der Waals surface area contributed by atoms with Crippen LogP contribution in [0.5, 0.6) is 5.75 Å². The molecular formula is C20H25IN2O8S. The van der Waals surface area contributed by atoms with Crippen molar-refractivity contribution in [3.63, 3.8) is 0 Å². The summed E-state index contributed by atoms with van der Waals surface area (Å²) >= 11 is 2.03. The van der Waals surface area contributed by atoms with Crippen molar-refractivity contribution in [3.05, 3.63) is 29.3 Å². The van der Waals surface area contributed by atoms with Crippen molar-refractivity contribution in [2.24, 2.45) is 0 Å². The molecule has 1 heterocycles. The summed E-state index contributed by atoms with van der Waals surface area (Å²) in [5, 5.41) is 2.44. The number of aldehydes is 1. The molecule has 0 radical (unpaired) electrons. The maximum absolute atomic E-state index is 12.9. The van der Waals surface area contributed by atoms with E-state index in [1.54, 1.807) is 6.07 Å². The predicted octanol–water partition coefficient (Wildman–Crippen LogP) is 1.80. The van der Waals surface area contributed by atoms with E-state index in [9.17, 15) is 19.2 Å². The van der Waals surface area contributed by atoms with Gasteiger partial charge in [0.1, 0.15) is 24.7 Å². The molecule has 1 N–H and O–H groups in total. The van der Waals surface area contributed by atoms with Gasteiger partial charge in [0.15, 0.2) is 0 Å². The maximum Gasteiger partial charge on any atom is 0.262 e. The third-order valence-electron chi connectivity index (χ3n) is 4.53. The third kappa shape index (κ3) is 7.40. The molecule has 0 saturated carbocycles. The first kappa shape index (κ1) is 26.5. The Morgan fingerprint density at radius 3 is 2.41 bits per heavy atom. The molecule has 0 aliphatic carbocycles. The van der Waals surface area contributed by atoms with E-state index < -0.39 is 23.8 Å². The number of carbonyl (C=O) groups excluding carboxylic acids is 4. The minimum absolute atomic E-state index is 0.0518. The van der Waals surface area contributed by atoms with Crippen molar-refractivity contribution in [1.29, 1.82) is 0 Å². The van der Waals surface area contributed by atoms with Crippen LogP contribution in [0.25, 0.3) is 0 Å². The van der Waals surface area contributed by atoms with Crippen LogP contribution < -0.4 is 10.1 Å². The number of hydrogen-bond donors (Lipinski definition) is 1. The summed E-state index contributed by atoms with van der Waals surface area (Å²) in [5.74, 6) is -1.25. The van der Waals surface area contributed by atoms with E-state index in [1.807, 2.05) is 21.2 Å². The number of likely N-dealkylation sites (N-methyl/N-ethyl adjacent to an activating group) is 1. The lowest BCUT2D eigenvalue weighted by Gasteiger charge is -2.24. The molecule has 3 amide bonds. The van der Waals surface area contributed by atoms with Gasteiger partial charge in [-0.1, -0.05) is 0 Å². The van der Waals surface area contributed by atoms with E-state index in [0.717, 1.165) is 4.90 Å². The van der Waals surface area contributed by atoms with Gasteiger partial charge in [-0.15, -0.1) is 0 Å². The first-order chi connectivity index (χ1) is 15.5. The Morgan fingerprint density at radius 1 is 1.09 bits per heavy atom. The Kier molecular flexibility index (Phi) is 11.9. The predicted molar refractivity (Wildman–Crippen MR) is 125 cm³/mol. The first-order valence-electron chi connectivity index (χ1n) is 9.90. The number of nitrogens with one attached hydrogen (secondary N) is 1. The molecule has 0 aromatic heterocycles. The van der Waals surface area contributed by atoms with E-state index in [1.165, 1.54) is 28.4 Å². The van der Waals surface area contributed by atoms with Crippen molar-refractivity contribution < 1.29 is 37.6 Å². The Balaban J connectivity index is 1.86. The van der Waals surface area contributed by atoms with Crippen LogP contribution in [0.1, 0.15) is 33.6 Å². The molecule has 2 rings (SSSR count). The average molecular weight is 580 g/mol. The topological polar surface area (TPSA) is 120 Å². The van der Waals surface area contributed by atoms with Crippen LogP contribution in [-0.4, -0.2) is 81.6 Å². The quantitative estimate of drug-likeness (QED) is 0.103. The molecule has 1 aromatic carbocycles. The third-order valence-corrected chi connectivity index (χ3v) is 5.55. The second-order valence-corrected chi connectivity index (χ2v) is 7.96. The minimum Gasteiger partial charge on any atom is -0.491 e. The summed E-state index contributed by atoms with van der Waals surface area (Å²) in [4.78, 5) is 49.4. The first-order valence-corrected chi connectivity index (χ1v) is 13.2. The van der Waals surface area contributed by atoms with Crippen LogP contribution in [0.15, 0.2) is 18.2 Å². The summed E-state index contributed by atoms with van der Waals surface area (Å²) in [7, 11) is 2.67. The average Bonchev–Trinajstić information content (AvgIpc) is 3.05. The molecule has 1 aliphatic heterocycles. The molecule has 1 aromatic rings. The highest BCUT2D eigenvalue weighted by atomic mass is 127. The molecule has 1 atom stereocenters. The number of fused-ring (bicyclic) bond motifs is 1. The second kappa shape index (κ2) is 14.4. The molecule has 176 valence electrons. The number of amides is 3. The zero-order valence-electron chi connectivity index (χ0n) is 17.5. The lowest BCUT2D eigenvalue weighted by Crippen LogP contribution is -2.48. The summed E-state index contributed by atoms with van der Waals surface area (Å²) < 4.78 is 21.4. The van der Waals surface area contributed by atoms with E-state index in [4.69, 9.17) is 18.4 Å². The standard InChI is InChI=1S/C20H25IN2O8S/c1-22-18(25)17(3-2-6-24)23-19(26)15-5-4-14(13-16(15)20(23)27)30-11-9-28-7-8-29-10-12-31-32-21/h4-6,13,17H,2-3,7-12H2,1H3,(H,22,25). The molecule has 10 nitrogen and oxygen atoms in total. The molecule has 0 spiro atoms. The zero-order chi connectivity index (χ0) is 23.3. The van der Waals surface area contributed by atoms with Crippen LogP contribution in [-0.2, 0) is 23.2 Å². The van der Waals surface area contributed by atoms with E-state index >= 15 is 0 Å². The summed E-state index contributed by atoms with van der Waals surface area (Å²) in [6.07, 6.45) is 0.757. The van der Waals surface area contributed by atoms with Gasteiger partial charge in [0.2, 0.25) is 5.91 Å². The molecule has 1 aliphatic rings. The van der Waals surface area contributed by atoms with Crippen LogP contribution in [0, 0.1) is 0 Å². The molecule has 0 bridgehead atoms. The zero-order valence-corrected chi connectivity index (χ0v) is 20.5. The van der Waals surface area contributed by atoms with Gasteiger partial charge in [-0.05, 0) is 24.6 Å². The highest BCUT2D eigenvalue weighted by Crippen LogP contribution is 2.29. The highest BCUT2D eigenvalue weighted by Gasteiger charge is 2.42. The van der Waals surface area contributed by atoms with Crippen LogP contribution in [0.4, 0.5) is 0 Å². The maximum atomic E-state index is 12.9. The van der Waals surface area contributed by atoms with Crippen molar-refractivity contribution in [3.8, 4) is 5.75 Å². The number of ether oxygens (including phenoxy) is 3. The van der Waals surface area contributed by atoms with Crippen LogP contribution in [0.2, 0.25) is 0 Å². The fourth-order valence-electron chi connectivity index (χ4n) is 3.05. The normalized spacial score (nSPS) is 13.8. The molecule has 0 fully saturated rings. The molecule has 1 unspecified atom stereocenters. The van der Waals surface area contributed by atoms with Gasteiger partial charge in [0, 0.05) is 34.7 Å². The van der Waals surface area contributed by atoms with Gasteiger partial charge >= 0.3 is 0 Å². The number of rotatable bonds is 16. The monoisotopic (exact) mass is 580 g/mol. The summed E-state index contributed by atoms with van der Waals surface area (Å²) in [6, 6.07) is 3.51. The number of imide groups is 1. The summed E-state index contributed by atoms with van der Waals surface area (Å²) in [5.41, 5.74) is 0.356. The summed E-state index contributed by atoms with van der Waals surface area (Å²) in [6.45, 7) is 2.43. The smallest absolute Gasteiger partial charge is 0.262 e. The fraction of sp³-hybridized carbons (Fsp3) is 0.500. The fourth-order valence-corrected chi connectivity index (χ4v) is 3.72. The van der Waals surface area contributed by atoms with Crippen LogP contribution in [0.3, 0.4) is 0 Å². The Morgan fingerprint density at radius 2 is 1.75 bits per heavy atom. The van der Waals surface area contributed by atoms with Gasteiger partial charge in [-0.25, -0.2) is 0 Å². The van der Waals surface area contributed by atoms with Gasteiger partial charge in [-0.2, -0.15) is 0 Å². The Labute approximate surface area is 202 Å². The van der Waals surface area contributed by atoms with Crippen LogP contribution >= 0.6 is 30.4 Å². The van der Waals surface area contributed by atoms with Gasteiger partial charge in [0.25, 0.3) is 11.8 Å². The number of hydrogen-bond acceptors (Lipinski definition) is 9. The Bertz CT molecular complexity index is 810. The van der Waals surface area contributed by atoms with Crippen molar-refractivity contribution >= 4 is 54.4 Å². The largest absolute Gasteiger partial charge is 0.491 e. The number of halogens is 1. The van der Waals surface area contributed by atoms with Crippen molar-refractivity contribution in [1.82, 2.24) is 10.2 Å². The lowest BCUT2D eigenvalue weighted by atomic mass is 10.1. The van der Waals surface area contributed by atoms with Crippen molar-refractivity contribution in [2.75, 3.05) is 46.7 Å². The van der Waals surface area contributed by atoms with Crippen molar-refractivity contribution in [2.45, 2.75) is 18.9 Å². The number of nitrogens with zero attached hydrogens (tertiary/aromatic N) is 1. The SMILES string of the molecule is CNC(=O)C(CCC=O)N1C(=O)c2ccc(OCCOCCOCCOSI)cc2C1=O.